The fourth-order valence-electron chi connectivity index (χ4n) is 4.13. The van der Waals surface area contributed by atoms with Crippen LogP contribution in [0.4, 0.5) is 0 Å². The molecule has 3 aromatic rings. The molecule has 8 heteroatoms. The number of rotatable bonds is 7. The first-order valence-corrected chi connectivity index (χ1v) is 11.9. The molecule has 30 heavy (non-hydrogen) atoms. The quantitative estimate of drug-likeness (QED) is 0.574. The van der Waals surface area contributed by atoms with Gasteiger partial charge in [0.2, 0.25) is 10.0 Å². The van der Waals surface area contributed by atoms with Gasteiger partial charge in [0.25, 0.3) is 0 Å². The van der Waals surface area contributed by atoms with E-state index in [4.69, 9.17) is 9.72 Å². The van der Waals surface area contributed by atoms with E-state index in [-0.39, 0.29) is 12.0 Å². The second-order valence-electron chi connectivity index (χ2n) is 7.96. The predicted octanol–water partition coefficient (Wildman–Crippen LogP) is 3.66. The fraction of sp³-hybridized carbons (Fsp3) is 0.455. The van der Waals surface area contributed by atoms with Gasteiger partial charge in [-0.3, -0.25) is 0 Å². The Bertz CT molecular complexity index is 1120. The van der Waals surface area contributed by atoms with Gasteiger partial charge in [0.05, 0.1) is 11.5 Å². The number of pyridine rings is 1. The molecule has 1 saturated heterocycles. The highest BCUT2D eigenvalue weighted by atomic mass is 32.2. The van der Waals surface area contributed by atoms with Crippen molar-refractivity contribution in [2.24, 2.45) is 5.92 Å². The fourth-order valence-corrected chi connectivity index (χ4v) is 5.66. The summed E-state index contributed by atoms with van der Waals surface area (Å²) in [5, 5.41) is 0. The lowest BCUT2D eigenvalue weighted by Gasteiger charge is -2.18. The van der Waals surface area contributed by atoms with E-state index in [1.54, 1.807) is 34.8 Å². The van der Waals surface area contributed by atoms with Gasteiger partial charge in [-0.2, -0.15) is 4.31 Å². The van der Waals surface area contributed by atoms with Crippen molar-refractivity contribution < 1.29 is 13.2 Å². The average molecular weight is 429 g/mol. The van der Waals surface area contributed by atoms with E-state index in [2.05, 4.69) is 23.4 Å². The van der Waals surface area contributed by atoms with Crippen LogP contribution in [0.3, 0.4) is 0 Å². The SMILES string of the molecule is CCOc1ccc(S(=O)(=O)N2CC[C@@H](Cc3nc4cccnc4n3C(C)C)C2)cc1. The first-order chi connectivity index (χ1) is 14.4. The summed E-state index contributed by atoms with van der Waals surface area (Å²) >= 11 is 0. The van der Waals surface area contributed by atoms with Gasteiger partial charge in [-0.15, -0.1) is 0 Å². The van der Waals surface area contributed by atoms with E-state index < -0.39 is 10.0 Å². The molecule has 1 aliphatic heterocycles. The first-order valence-electron chi connectivity index (χ1n) is 10.4. The Labute approximate surface area is 177 Å². The molecular weight excluding hydrogens is 400 g/mol. The minimum atomic E-state index is -3.51. The third kappa shape index (κ3) is 3.94. The van der Waals surface area contributed by atoms with Crippen LogP contribution in [0, 0.1) is 5.92 Å². The van der Waals surface area contributed by atoms with Crippen molar-refractivity contribution in [3.05, 3.63) is 48.4 Å². The smallest absolute Gasteiger partial charge is 0.243 e. The zero-order chi connectivity index (χ0) is 21.3. The number of aromatic nitrogens is 3. The molecule has 1 atom stereocenters. The summed E-state index contributed by atoms with van der Waals surface area (Å²) in [5.74, 6) is 1.89. The largest absolute Gasteiger partial charge is 0.494 e. The second-order valence-corrected chi connectivity index (χ2v) is 9.90. The summed E-state index contributed by atoms with van der Waals surface area (Å²) in [6.07, 6.45) is 3.35. The highest BCUT2D eigenvalue weighted by Gasteiger charge is 2.33. The summed E-state index contributed by atoms with van der Waals surface area (Å²) in [4.78, 5) is 9.59. The molecule has 0 saturated carbocycles. The third-order valence-electron chi connectivity index (χ3n) is 5.53. The Morgan fingerprint density at radius 1 is 1.20 bits per heavy atom. The summed E-state index contributed by atoms with van der Waals surface area (Å²) in [5.41, 5.74) is 1.78. The zero-order valence-electron chi connectivity index (χ0n) is 17.7. The van der Waals surface area contributed by atoms with Crippen molar-refractivity contribution in [3.63, 3.8) is 0 Å². The van der Waals surface area contributed by atoms with Crippen LogP contribution in [-0.4, -0.2) is 47.0 Å². The van der Waals surface area contributed by atoms with Crippen molar-refractivity contribution in [1.82, 2.24) is 18.8 Å². The molecule has 2 aromatic heterocycles. The minimum Gasteiger partial charge on any atom is -0.494 e. The normalized spacial score (nSPS) is 17.8. The van der Waals surface area contributed by atoms with Crippen LogP contribution in [0.1, 0.15) is 39.1 Å². The van der Waals surface area contributed by atoms with Gasteiger partial charge in [0.1, 0.15) is 17.1 Å². The second kappa shape index (κ2) is 8.35. The van der Waals surface area contributed by atoms with E-state index >= 15 is 0 Å². The standard InChI is InChI=1S/C22H28N4O3S/c1-4-29-18-7-9-19(10-8-18)30(27,28)25-13-11-17(15-25)14-21-24-20-6-5-12-23-22(20)26(21)16(2)3/h5-10,12,16-17H,4,11,13-15H2,1-3H3/t17-/m0/s1. The molecule has 0 amide bonds. The first kappa shape index (κ1) is 20.8. The maximum Gasteiger partial charge on any atom is 0.243 e. The van der Waals surface area contributed by atoms with Crippen molar-refractivity contribution in [3.8, 4) is 5.75 Å². The third-order valence-corrected chi connectivity index (χ3v) is 7.41. The van der Waals surface area contributed by atoms with E-state index in [0.29, 0.717) is 30.3 Å². The molecule has 0 aliphatic carbocycles. The van der Waals surface area contributed by atoms with E-state index in [0.717, 1.165) is 29.8 Å². The summed E-state index contributed by atoms with van der Waals surface area (Å²) < 4.78 is 35.3. The molecular formula is C22H28N4O3S. The Morgan fingerprint density at radius 2 is 1.97 bits per heavy atom. The summed E-state index contributed by atoms with van der Waals surface area (Å²) in [6, 6.07) is 10.8. The molecule has 4 rings (SSSR count). The average Bonchev–Trinajstić information content (AvgIpc) is 3.33. The number of hydrogen-bond acceptors (Lipinski definition) is 5. The zero-order valence-corrected chi connectivity index (χ0v) is 18.5. The lowest BCUT2D eigenvalue weighted by molar-refractivity contribution is 0.340. The van der Waals surface area contributed by atoms with Crippen molar-refractivity contribution in [1.29, 1.82) is 0 Å². The Balaban J connectivity index is 1.51. The molecule has 1 aromatic carbocycles. The topological polar surface area (TPSA) is 77.3 Å². The number of hydrogen-bond donors (Lipinski definition) is 0. The van der Waals surface area contributed by atoms with Crippen LogP contribution < -0.4 is 4.74 Å². The van der Waals surface area contributed by atoms with E-state index in [9.17, 15) is 8.42 Å². The molecule has 0 radical (unpaired) electrons. The van der Waals surface area contributed by atoms with Crippen LogP contribution in [0.5, 0.6) is 5.75 Å². The Hall–Kier alpha value is -2.45. The number of imidazole rings is 1. The minimum absolute atomic E-state index is 0.233. The lowest BCUT2D eigenvalue weighted by atomic mass is 10.0. The monoisotopic (exact) mass is 428 g/mol. The molecule has 0 N–H and O–H groups in total. The Morgan fingerprint density at radius 3 is 2.67 bits per heavy atom. The van der Waals surface area contributed by atoms with Gasteiger partial charge in [0.15, 0.2) is 5.65 Å². The van der Waals surface area contributed by atoms with Crippen LogP contribution in [0.25, 0.3) is 11.2 Å². The van der Waals surface area contributed by atoms with Crippen molar-refractivity contribution in [2.75, 3.05) is 19.7 Å². The van der Waals surface area contributed by atoms with E-state index in [1.165, 1.54) is 0 Å². The number of nitrogens with zero attached hydrogens (tertiary/aromatic N) is 4. The van der Waals surface area contributed by atoms with Gasteiger partial charge in [-0.05, 0) is 69.5 Å². The maximum atomic E-state index is 13.1. The number of fused-ring (bicyclic) bond motifs is 1. The molecule has 7 nitrogen and oxygen atoms in total. The number of benzene rings is 1. The lowest BCUT2D eigenvalue weighted by Crippen LogP contribution is -2.29. The van der Waals surface area contributed by atoms with Gasteiger partial charge in [0, 0.05) is 31.7 Å². The molecule has 1 aliphatic rings. The van der Waals surface area contributed by atoms with Crippen molar-refractivity contribution >= 4 is 21.2 Å². The van der Waals surface area contributed by atoms with E-state index in [1.807, 2.05) is 19.1 Å². The van der Waals surface area contributed by atoms with Gasteiger partial charge >= 0.3 is 0 Å². The molecule has 3 heterocycles. The molecule has 0 spiro atoms. The van der Waals surface area contributed by atoms with Gasteiger partial charge < -0.3 is 9.30 Å². The molecule has 0 bridgehead atoms. The van der Waals surface area contributed by atoms with Crippen LogP contribution in [0.2, 0.25) is 0 Å². The number of ether oxygens (including phenoxy) is 1. The van der Waals surface area contributed by atoms with Gasteiger partial charge in [-0.25, -0.2) is 18.4 Å². The van der Waals surface area contributed by atoms with Gasteiger partial charge in [-0.1, -0.05) is 0 Å². The summed E-state index contributed by atoms with van der Waals surface area (Å²) in [7, 11) is -3.51. The predicted molar refractivity (Wildman–Crippen MR) is 116 cm³/mol. The molecule has 160 valence electrons. The highest BCUT2D eigenvalue weighted by molar-refractivity contribution is 7.89. The Kier molecular flexibility index (Phi) is 5.79. The van der Waals surface area contributed by atoms with Crippen LogP contribution in [0.15, 0.2) is 47.5 Å². The van der Waals surface area contributed by atoms with Crippen molar-refractivity contribution in [2.45, 2.75) is 44.6 Å². The highest BCUT2D eigenvalue weighted by Crippen LogP contribution is 2.29. The van der Waals surface area contributed by atoms with Crippen LogP contribution in [-0.2, 0) is 16.4 Å². The molecule has 0 unspecified atom stereocenters. The number of sulfonamides is 1. The summed E-state index contributed by atoms with van der Waals surface area (Å²) in [6.45, 7) is 7.73. The maximum absolute atomic E-state index is 13.1. The van der Waals surface area contributed by atoms with Crippen LogP contribution >= 0.6 is 0 Å². The molecule has 1 fully saturated rings.